The Kier molecular flexibility index (Phi) is 6.09. The molecule has 2 aromatic rings. The monoisotopic (exact) mass is 420 g/mol. The average molecular weight is 420 g/mol. The maximum Gasteiger partial charge on any atom is 0.573 e. The van der Waals surface area contributed by atoms with E-state index in [1.807, 2.05) is 11.4 Å². The molecule has 148 valence electrons. The van der Waals surface area contributed by atoms with Crippen LogP contribution in [0.1, 0.15) is 11.3 Å². The van der Waals surface area contributed by atoms with Crippen molar-refractivity contribution in [2.75, 3.05) is 26.2 Å². The number of ether oxygens (including phenoxy) is 1. The lowest BCUT2D eigenvalue weighted by molar-refractivity contribution is -0.274. The molecule has 0 amide bonds. The summed E-state index contributed by atoms with van der Waals surface area (Å²) in [6, 6.07) is 8.35. The molecule has 5 nitrogen and oxygen atoms in total. The molecular formula is C17H19F3N2O3S2. The van der Waals surface area contributed by atoms with Crippen LogP contribution in [0, 0.1) is 0 Å². The molecule has 1 aliphatic rings. The zero-order valence-corrected chi connectivity index (χ0v) is 16.0. The van der Waals surface area contributed by atoms with Crippen molar-refractivity contribution in [3.63, 3.8) is 0 Å². The molecule has 0 radical (unpaired) electrons. The average Bonchev–Trinajstić information content (AvgIpc) is 2.97. The summed E-state index contributed by atoms with van der Waals surface area (Å²) in [5.74, 6) is -0.445. The van der Waals surface area contributed by atoms with Crippen molar-refractivity contribution >= 4 is 21.4 Å². The first-order valence-electron chi connectivity index (χ1n) is 8.35. The van der Waals surface area contributed by atoms with E-state index in [1.54, 1.807) is 11.3 Å². The second kappa shape index (κ2) is 8.17. The van der Waals surface area contributed by atoms with Crippen molar-refractivity contribution in [3.8, 4) is 5.75 Å². The Balaban J connectivity index is 1.65. The van der Waals surface area contributed by atoms with Crippen LogP contribution in [0.4, 0.5) is 13.2 Å². The Morgan fingerprint density at radius 3 is 2.41 bits per heavy atom. The van der Waals surface area contributed by atoms with E-state index in [2.05, 4.69) is 15.7 Å². The highest BCUT2D eigenvalue weighted by atomic mass is 32.2. The van der Waals surface area contributed by atoms with Crippen LogP contribution in [0.5, 0.6) is 5.75 Å². The highest BCUT2D eigenvalue weighted by Gasteiger charge is 2.32. The standard InChI is InChI=1S/C17H19F3N2O3S2/c18-17(19,20)25-14-4-6-16(7-5-14)27(23,24)22-9-2-8-21(10-11-22)13-15-3-1-12-26-15/h1,3-7,12H,2,8-11,13H2. The summed E-state index contributed by atoms with van der Waals surface area (Å²) in [6.07, 6.45) is -4.11. The lowest BCUT2D eigenvalue weighted by Gasteiger charge is -2.21. The van der Waals surface area contributed by atoms with E-state index >= 15 is 0 Å². The predicted molar refractivity (Wildman–Crippen MR) is 96.1 cm³/mol. The van der Waals surface area contributed by atoms with E-state index in [0.717, 1.165) is 37.4 Å². The molecule has 10 heteroatoms. The number of halogens is 3. The second-order valence-corrected chi connectivity index (χ2v) is 9.10. The van der Waals surface area contributed by atoms with E-state index in [9.17, 15) is 21.6 Å². The Bertz CT molecular complexity index is 837. The SMILES string of the molecule is O=S(=O)(c1ccc(OC(F)(F)F)cc1)N1CCCN(Cc2cccs2)CC1. The summed E-state index contributed by atoms with van der Waals surface area (Å²) >= 11 is 1.67. The van der Waals surface area contributed by atoms with Gasteiger partial charge in [0.15, 0.2) is 0 Å². The largest absolute Gasteiger partial charge is 0.573 e. The second-order valence-electron chi connectivity index (χ2n) is 6.13. The van der Waals surface area contributed by atoms with E-state index in [0.29, 0.717) is 26.1 Å². The number of alkyl halides is 3. The molecule has 1 aliphatic heterocycles. The number of sulfonamides is 1. The normalized spacial score (nSPS) is 17.6. The van der Waals surface area contributed by atoms with Gasteiger partial charge in [-0.1, -0.05) is 6.07 Å². The van der Waals surface area contributed by atoms with Crippen LogP contribution in [0.2, 0.25) is 0 Å². The van der Waals surface area contributed by atoms with Gasteiger partial charge < -0.3 is 4.74 Å². The smallest absolute Gasteiger partial charge is 0.406 e. The minimum absolute atomic E-state index is 0.0382. The van der Waals surface area contributed by atoms with Crippen LogP contribution >= 0.6 is 11.3 Å². The molecular weight excluding hydrogens is 401 g/mol. The number of hydrogen-bond donors (Lipinski definition) is 0. The highest BCUT2D eigenvalue weighted by Crippen LogP contribution is 2.25. The number of nitrogens with zero attached hydrogens (tertiary/aromatic N) is 2. The van der Waals surface area contributed by atoms with Crippen molar-refractivity contribution in [1.82, 2.24) is 9.21 Å². The number of benzene rings is 1. The van der Waals surface area contributed by atoms with Crippen molar-refractivity contribution in [2.45, 2.75) is 24.2 Å². The predicted octanol–water partition coefficient (Wildman–Crippen LogP) is 3.54. The van der Waals surface area contributed by atoms with Crippen molar-refractivity contribution < 1.29 is 26.3 Å². The van der Waals surface area contributed by atoms with E-state index in [4.69, 9.17) is 0 Å². The van der Waals surface area contributed by atoms with Crippen LogP contribution in [0.3, 0.4) is 0 Å². The van der Waals surface area contributed by atoms with Gasteiger partial charge >= 0.3 is 6.36 Å². The zero-order chi connectivity index (χ0) is 19.5. The quantitative estimate of drug-likeness (QED) is 0.743. The van der Waals surface area contributed by atoms with Crippen LogP contribution in [0.25, 0.3) is 0 Å². The third-order valence-corrected chi connectivity index (χ3v) is 6.98. The summed E-state index contributed by atoms with van der Waals surface area (Å²) < 4.78 is 67.5. The van der Waals surface area contributed by atoms with Crippen LogP contribution in [0.15, 0.2) is 46.7 Å². The van der Waals surface area contributed by atoms with Crippen LogP contribution < -0.4 is 4.74 Å². The fraction of sp³-hybridized carbons (Fsp3) is 0.412. The third kappa shape index (κ3) is 5.44. The van der Waals surface area contributed by atoms with Gasteiger partial charge in [-0.3, -0.25) is 4.90 Å². The molecule has 1 fully saturated rings. The molecule has 3 rings (SSSR count). The van der Waals surface area contributed by atoms with Gasteiger partial charge in [-0.05, 0) is 48.7 Å². The van der Waals surface area contributed by atoms with E-state index in [-0.39, 0.29) is 4.90 Å². The minimum Gasteiger partial charge on any atom is -0.406 e. The molecule has 27 heavy (non-hydrogen) atoms. The van der Waals surface area contributed by atoms with Crippen molar-refractivity contribution in [2.24, 2.45) is 0 Å². The molecule has 1 saturated heterocycles. The summed E-state index contributed by atoms with van der Waals surface area (Å²) in [7, 11) is -3.76. The van der Waals surface area contributed by atoms with Gasteiger partial charge in [0.2, 0.25) is 10.0 Å². The third-order valence-electron chi connectivity index (χ3n) is 4.20. The van der Waals surface area contributed by atoms with Gasteiger partial charge in [-0.2, -0.15) is 4.31 Å². The van der Waals surface area contributed by atoms with E-state index in [1.165, 1.54) is 9.18 Å². The molecule has 0 spiro atoms. The molecule has 0 N–H and O–H groups in total. The van der Waals surface area contributed by atoms with Crippen LogP contribution in [-0.2, 0) is 16.6 Å². The van der Waals surface area contributed by atoms with Gasteiger partial charge in [0.1, 0.15) is 5.75 Å². The minimum atomic E-state index is -4.81. The number of thiophene rings is 1. The number of hydrogen-bond acceptors (Lipinski definition) is 5. The Hall–Kier alpha value is -1.62. The topological polar surface area (TPSA) is 49.9 Å². The Labute approximate surface area is 160 Å². The van der Waals surface area contributed by atoms with Gasteiger partial charge in [-0.25, -0.2) is 8.42 Å². The van der Waals surface area contributed by atoms with Crippen molar-refractivity contribution in [1.29, 1.82) is 0 Å². The molecule has 0 bridgehead atoms. The number of rotatable bonds is 5. The molecule has 2 heterocycles. The molecule has 1 aromatic carbocycles. The van der Waals surface area contributed by atoms with E-state index < -0.39 is 22.1 Å². The summed E-state index contributed by atoms with van der Waals surface area (Å²) in [4.78, 5) is 3.40. The fourth-order valence-corrected chi connectivity index (χ4v) is 5.15. The Morgan fingerprint density at radius 1 is 1.04 bits per heavy atom. The fourth-order valence-electron chi connectivity index (χ4n) is 2.93. The maximum absolute atomic E-state index is 12.8. The molecule has 0 atom stereocenters. The summed E-state index contributed by atoms with van der Waals surface area (Å²) in [5.41, 5.74) is 0. The van der Waals surface area contributed by atoms with Gasteiger partial charge in [0.25, 0.3) is 0 Å². The first-order valence-corrected chi connectivity index (χ1v) is 10.7. The van der Waals surface area contributed by atoms with Gasteiger partial charge in [0.05, 0.1) is 4.90 Å². The van der Waals surface area contributed by atoms with Crippen LogP contribution in [-0.4, -0.2) is 50.2 Å². The lowest BCUT2D eigenvalue weighted by Crippen LogP contribution is -2.35. The summed E-state index contributed by atoms with van der Waals surface area (Å²) in [6.45, 7) is 2.91. The zero-order valence-electron chi connectivity index (χ0n) is 14.4. The molecule has 0 aliphatic carbocycles. The molecule has 1 aromatic heterocycles. The lowest BCUT2D eigenvalue weighted by atomic mass is 10.3. The first-order chi connectivity index (χ1) is 12.7. The first kappa shape index (κ1) is 20.1. The highest BCUT2D eigenvalue weighted by molar-refractivity contribution is 7.89. The molecule has 0 unspecified atom stereocenters. The van der Waals surface area contributed by atoms with Crippen molar-refractivity contribution in [3.05, 3.63) is 46.7 Å². The Morgan fingerprint density at radius 2 is 1.78 bits per heavy atom. The summed E-state index contributed by atoms with van der Waals surface area (Å²) in [5, 5.41) is 2.01. The van der Waals surface area contributed by atoms with Gasteiger partial charge in [-0.15, -0.1) is 24.5 Å². The van der Waals surface area contributed by atoms with Gasteiger partial charge in [0, 0.05) is 31.1 Å². The molecule has 0 saturated carbocycles. The maximum atomic E-state index is 12.8.